The highest BCUT2D eigenvalue weighted by Gasteiger charge is 2.19. The van der Waals surface area contributed by atoms with E-state index in [1.807, 2.05) is 0 Å². The lowest BCUT2D eigenvalue weighted by Gasteiger charge is -2.18. The van der Waals surface area contributed by atoms with Gasteiger partial charge in [0.25, 0.3) is 0 Å². The Hall–Kier alpha value is -3.15. The first-order valence-corrected chi connectivity index (χ1v) is 30.4. The van der Waals surface area contributed by atoms with E-state index in [2.05, 4.69) is 93.7 Å². The molecule has 0 aromatic carbocycles. The quantitative estimate of drug-likeness (QED) is 0.0261. The van der Waals surface area contributed by atoms with Gasteiger partial charge in [-0.1, -0.05) is 248 Å². The van der Waals surface area contributed by atoms with E-state index in [4.69, 9.17) is 14.2 Å². The second-order valence-electron chi connectivity index (χ2n) is 20.2. The van der Waals surface area contributed by atoms with Crippen LogP contribution in [0.2, 0.25) is 0 Å². The van der Waals surface area contributed by atoms with Crippen molar-refractivity contribution in [2.75, 3.05) is 13.2 Å². The third kappa shape index (κ3) is 57.6. The highest BCUT2D eigenvalue weighted by atomic mass is 16.6. The second kappa shape index (κ2) is 59.4. The lowest BCUT2D eigenvalue weighted by molar-refractivity contribution is -0.167. The number of ether oxygens (including phenoxy) is 3. The molecule has 0 aliphatic carbocycles. The molecule has 0 radical (unpaired) electrons. The van der Waals surface area contributed by atoms with Gasteiger partial charge in [0, 0.05) is 19.3 Å². The summed E-state index contributed by atoms with van der Waals surface area (Å²) in [6.07, 6.45) is 76.0. The number of carbonyl (C=O) groups excluding carboxylic acids is 3. The SMILES string of the molecule is CC/C=C\C/C=C\C/C=C\C/C=C\CCCCCCCCC(=O)OCC(COC(=O)CCCCCCCCC/C=C\CCCCCC)OC(=O)CCCCCCCCC/C=C\CCCCCCCCCC. The Bertz CT molecular complexity index is 1320. The Kier molecular flexibility index (Phi) is 56.8. The lowest BCUT2D eigenvalue weighted by Crippen LogP contribution is -2.30. The van der Waals surface area contributed by atoms with Crippen LogP contribution in [0.4, 0.5) is 0 Å². The topological polar surface area (TPSA) is 78.9 Å². The van der Waals surface area contributed by atoms with Crippen LogP contribution in [-0.4, -0.2) is 37.2 Å². The second-order valence-corrected chi connectivity index (χ2v) is 20.2. The molecule has 0 saturated heterocycles. The minimum Gasteiger partial charge on any atom is -0.462 e. The molecule has 6 nitrogen and oxygen atoms in total. The zero-order valence-electron chi connectivity index (χ0n) is 47.0. The van der Waals surface area contributed by atoms with Crippen LogP contribution in [0.5, 0.6) is 0 Å². The predicted octanol–water partition coefficient (Wildman–Crippen LogP) is 20.5. The minimum atomic E-state index is -0.786. The molecule has 1 atom stereocenters. The van der Waals surface area contributed by atoms with Gasteiger partial charge in [-0.3, -0.25) is 14.4 Å². The molecular formula is C65H114O6. The van der Waals surface area contributed by atoms with Crippen LogP contribution < -0.4 is 0 Å². The molecule has 0 fully saturated rings. The molecule has 0 saturated carbocycles. The summed E-state index contributed by atoms with van der Waals surface area (Å²) in [5.41, 5.74) is 0. The Morgan fingerprint density at radius 1 is 0.296 bits per heavy atom. The summed E-state index contributed by atoms with van der Waals surface area (Å²) in [6.45, 7) is 6.52. The van der Waals surface area contributed by atoms with Crippen LogP contribution in [0.1, 0.15) is 303 Å². The fourth-order valence-electron chi connectivity index (χ4n) is 8.60. The van der Waals surface area contributed by atoms with Crippen LogP contribution in [0.25, 0.3) is 0 Å². The zero-order chi connectivity index (χ0) is 51.4. The van der Waals surface area contributed by atoms with Gasteiger partial charge in [-0.05, 0) is 109 Å². The number of esters is 3. The van der Waals surface area contributed by atoms with Gasteiger partial charge in [0.15, 0.2) is 6.10 Å². The van der Waals surface area contributed by atoms with Crippen molar-refractivity contribution < 1.29 is 28.6 Å². The molecule has 1 unspecified atom stereocenters. The summed E-state index contributed by atoms with van der Waals surface area (Å²) in [7, 11) is 0. The standard InChI is InChI=1S/C65H114O6/c1-4-7-10-13-16-19-22-25-28-30-32-34-37-40-43-46-49-52-55-58-64(67)70-61-62(60-69-63(66)57-54-51-48-45-42-39-36-27-24-21-18-15-12-9-6-3)71-65(68)59-56-53-50-47-44-41-38-35-33-31-29-26-23-20-17-14-11-8-5-2/h7,10,16,19,21,24-25,28,31-34,62H,4-6,8-9,11-15,17-18,20,22-23,26-27,29-30,35-61H2,1-3H3/b10-7-,19-16-,24-21-,28-25-,33-31-,34-32-. The highest BCUT2D eigenvalue weighted by molar-refractivity contribution is 5.71. The van der Waals surface area contributed by atoms with Crippen LogP contribution in [0, 0.1) is 0 Å². The Morgan fingerprint density at radius 2 is 0.549 bits per heavy atom. The van der Waals surface area contributed by atoms with Crippen LogP contribution in [0.3, 0.4) is 0 Å². The monoisotopic (exact) mass is 991 g/mol. The summed E-state index contributed by atoms with van der Waals surface area (Å²) in [5.74, 6) is -0.894. The first-order valence-electron chi connectivity index (χ1n) is 30.4. The smallest absolute Gasteiger partial charge is 0.306 e. The van der Waals surface area contributed by atoms with Crippen LogP contribution >= 0.6 is 0 Å². The molecule has 6 heteroatoms. The molecular weight excluding hydrogens is 877 g/mol. The summed E-state index contributed by atoms with van der Waals surface area (Å²) < 4.78 is 16.9. The predicted molar refractivity (Wildman–Crippen MR) is 307 cm³/mol. The fourth-order valence-corrected chi connectivity index (χ4v) is 8.60. The van der Waals surface area contributed by atoms with E-state index in [-0.39, 0.29) is 31.1 Å². The maximum absolute atomic E-state index is 12.9. The molecule has 410 valence electrons. The molecule has 0 aliphatic heterocycles. The number of carbonyl (C=O) groups is 3. The largest absolute Gasteiger partial charge is 0.462 e. The molecule has 0 spiro atoms. The number of hydrogen-bond acceptors (Lipinski definition) is 6. The number of allylic oxidation sites excluding steroid dienone is 12. The third-order valence-electron chi connectivity index (χ3n) is 13.2. The van der Waals surface area contributed by atoms with Gasteiger partial charge in [-0.2, -0.15) is 0 Å². The average Bonchev–Trinajstić information content (AvgIpc) is 3.37. The van der Waals surface area contributed by atoms with E-state index in [0.29, 0.717) is 19.3 Å². The number of rotatable bonds is 55. The van der Waals surface area contributed by atoms with Crippen LogP contribution in [-0.2, 0) is 28.6 Å². The maximum atomic E-state index is 12.9. The van der Waals surface area contributed by atoms with Crippen molar-refractivity contribution in [1.82, 2.24) is 0 Å². The van der Waals surface area contributed by atoms with Crippen molar-refractivity contribution in [1.29, 1.82) is 0 Å². The van der Waals surface area contributed by atoms with Gasteiger partial charge in [-0.25, -0.2) is 0 Å². The first kappa shape index (κ1) is 67.8. The van der Waals surface area contributed by atoms with E-state index in [0.717, 1.165) is 89.9 Å². The molecule has 0 bridgehead atoms. The van der Waals surface area contributed by atoms with Crippen molar-refractivity contribution in [3.8, 4) is 0 Å². The third-order valence-corrected chi connectivity index (χ3v) is 13.2. The Morgan fingerprint density at radius 3 is 0.887 bits per heavy atom. The molecule has 0 N–H and O–H groups in total. The molecule has 0 heterocycles. The highest BCUT2D eigenvalue weighted by Crippen LogP contribution is 2.16. The Balaban J connectivity index is 4.40. The summed E-state index contributed by atoms with van der Waals surface area (Å²) >= 11 is 0. The first-order chi connectivity index (χ1) is 35.0. The zero-order valence-corrected chi connectivity index (χ0v) is 47.0. The van der Waals surface area contributed by atoms with Gasteiger partial charge in [0.1, 0.15) is 13.2 Å². The van der Waals surface area contributed by atoms with Gasteiger partial charge < -0.3 is 14.2 Å². The molecule has 0 aromatic heterocycles. The summed E-state index contributed by atoms with van der Waals surface area (Å²) in [4.78, 5) is 38.3. The van der Waals surface area contributed by atoms with E-state index >= 15 is 0 Å². The molecule has 0 aliphatic rings. The maximum Gasteiger partial charge on any atom is 0.306 e. The molecule has 0 amide bonds. The van der Waals surface area contributed by atoms with E-state index in [1.54, 1.807) is 0 Å². The van der Waals surface area contributed by atoms with Crippen molar-refractivity contribution in [3.05, 3.63) is 72.9 Å². The number of hydrogen-bond donors (Lipinski definition) is 0. The average molecular weight is 992 g/mol. The van der Waals surface area contributed by atoms with Crippen molar-refractivity contribution in [3.63, 3.8) is 0 Å². The van der Waals surface area contributed by atoms with Gasteiger partial charge >= 0.3 is 17.9 Å². The molecule has 0 aromatic rings. The normalized spacial score (nSPS) is 12.5. The Labute approximate surface area is 440 Å². The van der Waals surface area contributed by atoms with Crippen molar-refractivity contribution in [2.45, 2.75) is 309 Å². The molecule has 71 heavy (non-hydrogen) atoms. The van der Waals surface area contributed by atoms with E-state index in [9.17, 15) is 14.4 Å². The van der Waals surface area contributed by atoms with Crippen molar-refractivity contribution >= 4 is 17.9 Å². The van der Waals surface area contributed by atoms with E-state index in [1.165, 1.54) is 173 Å². The minimum absolute atomic E-state index is 0.0830. The van der Waals surface area contributed by atoms with Gasteiger partial charge in [0.2, 0.25) is 0 Å². The summed E-state index contributed by atoms with van der Waals surface area (Å²) in [6, 6.07) is 0. The van der Waals surface area contributed by atoms with Crippen LogP contribution in [0.15, 0.2) is 72.9 Å². The van der Waals surface area contributed by atoms with E-state index < -0.39 is 6.10 Å². The van der Waals surface area contributed by atoms with Gasteiger partial charge in [0.05, 0.1) is 0 Å². The summed E-state index contributed by atoms with van der Waals surface area (Å²) in [5, 5.41) is 0. The molecule has 0 rings (SSSR count). The fraction of sp³-hybridized carbons (Fsp3) is 0.769. The number of unbranched alkanes of at least 4 members (excludes halogenated alkanes) is 32. The van der Waals surface area contributed by atoms with Crippen molar-refractivity contribution in [2.24, 2.45) is 0 Å². The van der Waals surface area contributed by atoms with Gasteiger partial charge in [-0.15, -0.1) is 0 Å². The lowest BCUT2D eigenvalue weighted by atomic mass is 10.1.